The molecule has 2 aliphatic rings. The molecule has 0 aromatic heterocycles. The van der Waals surface area contributed by atoms with Crippen molar-refractivity contribution < 1.29 is 23.9 Å². The molecule has 1 N–H and O–H groups in total. The molecular weight excluding hydrogens is 368 g/mol. The van der Waals surface area contributed by atoms with E-state index in [0.29, 0.717) is 29.8 Å². The Labute approximate surface area is 161 Å². The molecule has 2 fully saturated rings. The number of carbonyl (C=O) groups is 4. The lowest BCUT2D eigenvalue weighted by Gasteiger charge is -2.29. The number of benzene rings is 1. The number of esters is 1. The fourth-order valence-electron chi connectivity index (χ4n) is 3.43. The lowest BCUT2D eigenvalue weighted by atomic mass is 10.1. The van der Waals surface area contributed by atoms with E-state index in [1.807, 2.05) is 6.92 Å². The molecule has 0 unspecified atom stereocenters. The predicted molar refractivity (Wildman–Crippen MR) is 101 cm³/mol. The lowest BCUT2D eigenvalue weighted by Crippen LogP contribution is -2.48. The maximum Gasteiger partial charge on any atom is 0.330 e. The summed E-state index contributed by atoms with van der Waals surface area (Å²) in [6, 6.07) is 5.97. The third-order valence-corrected chi connectivity index (χ3v) is 6.45. The van der Waals surface area contributed by atoms with Gasteiger partial charge in [-0.05, 0) is 39.3 Å². The topological polar surface area (TPSA) is 92.8 Å². The number of carbonyl (C=O) groups excluding carboxylic acids is 4. The van der Waals surface area contributed by atoms with E-state index in [9.17, 15) is 19.2 Å². The summed E-state index contributed by atoms with van der Waals surface area (Å²) in [6.45, 7) is 4.83. The maximum atomic E-state index is 12.6. The summed E-state index contributed by atoms with van der Waals surface area (Å²) in [5.74, 6) is -0.882. The van der Waals surface area contributed by atoms with Crippen molar-refractivity contribution in [3.05, 3.63) is 29.8 Å². The van der Waals surface area contributed by atoms with Crippen LogP contribution in [0.1, 0.15) is 44.0 Å². The molecule has 27 heavy (non-hydrogen) atoms. The normalized spacial score (nSPS) is 25.1. The summed E-state index contributed by atoms with van der Waals surface area (Å²) < 4.78 is 5.33. The van der Waals surface area contributed by atoms with Gasteiger partial charge in [-0.25, -0.2) is 4.79 Å². The third kappa shape index (κ3) is 3.71. The van der Waals surface area contributed by atoms with Gasteiger partial charge in [0.25, 0.3) is 5.91 Å². The quantitative estimate of drug-likeness (QED) is 0.612. The number of fused-ring (bicyclic) bond motifs is 1. The Hall–Kier alpha value is -2.35. The van der Waals surface area contributed by atoms with Crippen molar-refractivity contribution in [1.82, 2.24) is 4.90 Å². The van der Waals surface area contributed by atoms with E-state index in [0.717, 1.165) is 0 Å². The van der Waals surface area contributed by atoms with Gasteiger partial charge in [-0.3, -0.25) is 14.4 Å². The van der Waals surface area contributed by atoms with E-state index >= 15 is 0 Å². The molecule has 0 aliphatic carbocycles. The van der Waals surface area contributed by atoms with Gasteiger partial charge < -0.3 is 15.0 Å². The second kappa shape index (κ2) is 7.34. The molecule has 2 amide bonds. The second-order valence-corrected chi connectivity index (χ2v) is 8.44. The lowest BCUT2D eigenvalue weighted by molar-refractivity contribution is -0.160. The molecule has 2 saturated heterocycles. The van der Waals surface area contributed by atoms with Gasteiger partial charge in [-0.1, -0.05) is 12.1 Å². The molecule has 2 aliphatic heterocycles. The summed E-state index contributed by atoms with van der Waals surface area (Å²) in [4.78, 5) is 50.0. The van der Waals surface area contributed by atoms with Crippen LogP contribution >= 0.6 is 11.8 Å². The zero-order valence-electron chi connectivity index (χ0n) is 15.5. The Balaban J connectivity index is 1.64. The smallest absolute Gasteiger partial charge is 0.330 e. The molecule has 1 aromatic carbocycles. The summed E-state index contributed by atoms with van der Waals surface area (Å²) in [6.07, 6.45) is 0.0793. The highest BCUT2D eigenvalue weighted by Gasteiger charge is 2.53. The summed E-state index contributed by atoms with van der Waals surface area (Å²) in [5.41, 5.74) is 0.756. The van der Waals surface area contributed by atoms with Crippen molar-refractivity contribution in [2.45, 2.75) is 50.6 Å². The van der Waals surface area contributed by atoms with Crippen LogP contribution in [0.4, 0.5) is 5.69 Å². The highest BCUT2D eigenvalue weighted by molar-refractivity contribution is 8.01. The minimum atomic E-state index is -1.05. The van der Waals surface area contributed by atoms with Crippen LogP contribution in [0.3, 0.4) is 0 Å². The molecule has 0 saturated carbocycles. The molecule has 0 spiro atoms. The number of hydrogen-bond acceptors (Lipinski definition) is 6. The van der Waals surface area contributed by atoms with Crippen LogP contribution < -0.4 is 5.32 Å². The zero-order chi connectivity index (χ0) is 19.8. The molecule has 1 aromatic rings. The van der Waals surface area contributed by atoms with Crippen LogP contribution in [0.15, 0.2) is 24.3 Å². The number of ether oxygens (including phenoxy) is 1. The highest BCUT2D eigenvalue weighted by Crippen LogP contribution is 2.47. The maximum absolute atomic E-state index is 12.6. The molecule has 3 rings (SSSR count). The summed E-state index contributed by atoms with van der Waals surface area (Å²) in [7, 11) is 0. The first-order valence-corrected chi connectivity index (χ1v) is 9.79. The van der Waals surface area contributed by atoms with Crippen molar-refractivity contribution in [3.63, 3.8) is 0 Å². The van der Waals surface area contributed by atoms with Crippen molar-refractivity contribution >= 4 is 41.0 Å². The summed E-state index contributed by atoms with van der Waals surface area (Å²) in [5, 5.41) is 2.63. The number of nitrogens with zero attached hydrogens (tertiary/aromatic N) is 1. The number of hydrogen-bond donors (Lipinski definition) is 1. The van der Waals surface area contributed by atoms with Gasteiger partial charge in [0, 0.05) is 17.7 Å². The average molecular weight is 390 g/mol. The first-order chi connectivity index (χ1) is 12.7. The van der Waals surface area contributed by atoms with Crippen molar-refractivity contribution in [2.24, 2.45) is 0 Å². The van der Waals surface area contributed by atoms with Crippen LogP contribution in [-0.4, -0.2) is 51.2 Å². The van der Waals surface area contributed by atoms with E-state index in [1.165, 1.54) is 13.8 Å². The van der Waals surface area contributed by atoms with Crippen molar-refractivity contribution in [2.75, 3.05) is 11.1 Å². The highest BCUT2D eigenvalue weighted by atomic mass is 32.2. The second-order valence-electron chi connectivity index (χ2n) is 6.94. The largest absolute Gasteiger partial charge is 0.451 e. The van der Waals surface area contributed by atoms with Crippen molar-refractivity contribution in [3.8, 4) is 0 Å². The molecular formula is C19H22N2O5S. The average Bonchev–Trinajstić information content (AvgIpc) is 3.11. The van der Waals surface area contributed by atoms with E-state index in [2.05, 4.69) is 5.32 Å². The predicted octanol–water partition coefficient (Wildman–Crippen LogP) is 2.21. The Morgan fingerprint density at radius 3 is 2.74 bits per heavy atom. The van der Waals surface area contributed by atoms with Gasteiger partial charge in [-0.15, -0.1) is 11.8 Å². The fourth-order valence-corrected chi connectivity index (χ4v) is 4.85. The number of ketones is 1. The number of thioether (sulfide) groups is 1. The van der Waals surface area contributed by atoms with Crippen LogP contribution in [0.25, 0.3) is 0 Å². The van der Waals surface area contributed by atoms with Gasteiger partial charge in [0.15, 0.2) is 11.9 Å². The fraction of sp³-hybridized carbons (Fsp3) is 0.474. The van der Waals surface area contributed by atoms with Gasteiger partial charge in [-0.2, -0.15) is 0 Å². The SMILES string of the molecule is CC(=O)c1ccccc1NC(=O)[C@@H](C)OC(=O)[C@@H]1CS[C@@]2(C)CCC(=O)N12. The number of rotatable bonds is 5. The molecule has 0 radical (unpaired) electrons. The molecule has 8 heteroatoms. The van der Waals surface area contributed by atoms with Crippen LogP contribution in [0, 0.1) is 0 Å². The summed E-state index contributed by atoms with van der Waals surface area (Å²) >= 11 is 1.56. The molecule has 144 valence electrons. The van der Waals surface area contributed by atoms with E-state index in [1.54, 1.807) is 40.9 Å². The van der Waals surface area contributed by atoms with Gasteiger partial charge in [0.05, 0.1) is 10.6 Å². The number of nitrogens with one attached hydrogen (secondary N) is 1. The van der Waals surface area contributed by atoms with Crippen LogP contribution in [-0.2, 0) is 19.1 Å². The Morgan fingerprint density at radius 2 is 2.04 bits per heavy atom. The van der Waals surface area contributed by atoms with Crippen LogP contribution in [0.5, 0.6) is 0 Å². The van der Waals surface area contributed by atoms with Gasteiger partial charge in [0.1, 0.15) is 6.04 Å². The van der Waals surface area contributed by atoms with Crippen molar-refractivity contribution in [1.29, 1.82) is 0 Å². The standard InChI is InChI=1S/C19H22N2O5S/c1-11(22)13-6-4-5-7-14(13)20-17(24)12(2)26-18(25)15-10-27-19(3)9-8-16(23)21(15)19/h4-7,12,15H,8-10H2,1-3H3,(H,20,24)/t12-,15+,19+/m1/s1. The minimum Gasteiger partial charge on any atom is -0.451 e. The molecule has 3 atom stereocenters. The number of anilines is 1. The monoisotopic (exact) mass is 390 g/mol. The molecule has 0 bridgehead atoms. The number of amides is 2. The van der Waals surface area contributed by atoms with Gasteiger partial charge in [0.2, 0.25) is 5.91 Å². The Morgan fingerprint density at radius 1 is 1.33 bits per heavy atom. The van der Waals surface area contributed by atoms with E-state index < -0.39 is 24.0 Å². The zero-order valence-corrected chi connectivity index (χ0v) is 16.3. The third-order valence-electron chi connectivity index (χ3n) is 4.94. The van der Waals surface area contributed by atoms with Gasteiger partial charge >= 0.3 is 5.97 Å². The minimum absolute atomic E-state index is 0.0584. The van der Waals surface area contributed by atoms with Crippen LogP contribution in [0.2, 0.25) is 0 Å². The number of para-hydroxylation sites is 1. The Kier molecular flexibility index (Phi) is 5.28. The molecule has 2 heterocycles. The first kappa shape index (κ1) is 19.4. The number of Topliss-reactive ketones (excluding diaryl/α,β-unsaturated/α-hetero) is 1. The Bertz CT molecular complexity index is 811. The van der Waals surface area contributed by atoms with E-state index in [4.69, 9.17) is 4.74 Å². The van der Waals surface area contributed by atoms with E-state index in [-0.39, 0.29) is 16.6 Å². The molecule has 7 nitrogen and oxygen atoms in total. The first-order valence-electron chi connectivity index (χ1n) is 8.80.